The lowest BCUT2D eigenvalue weighted by atomic mass is 9.34. The highest BCUT2D eigenvalue weighted by molar-refractivity contribution is 7.00. The number of aromatic nitrogens is 4. The van der Waals surface area contributed by atoms with E-state index < -0.39 is 109 Å². The van der Waals surface area contributed by atoms with Crippen molar-refractivity contribution < 1.29 is 21.9 Å². The normalized spacial score (nSPS) is 15.4. The first-order valence-electron chi connectivity index (χ1n) is 40.6. The summed E-state index contributed by atoms with van der Waals surface area (Å²) in [7, 11) is 0. The standard InChI is InChI=1S/C90H71BN4/c1-88(2,3)54-42-46-60-62-28-14-24-40-78(62)94-80-52-56(92-74-36-20-16-30-64(74)65-31-17-21-37-75(65)92)44-48-72(80)91-73-49-45-57(93-76-38-22-18-32-66(76)67-33-19-23-39-77(67)93)53-81(73)95-79-41-25-15-29-63(79)61-47-43-55(89(4,5)6)51-71(61)59-27-11-13-35-69(59)83-84(90(7,8)9)82(86(94)85(91)87(83)95)68-34-12-10-26-58(68)70(60)50-54/h10-53H,1-9H3/i16D,17D,18D,19D,20D,21D,22D,23D,30D,31D,32D,33D,36D,37D,38D,39D. The molecule has 2 aliphatic heterocycles. The average molecular weight is 1240 g/mol. The zero-order chi connectivity index (χ0) is 78.1. The van der Waals surface area contributed by atoms with Gasteiger partial charge in [-0.25, -0.2) is 0 Å². The van der Waals surface area contributed by atoms with Crippen molar-refractivity contribution in [1.82, 2.24) is 18.3 Å². The third-order valence-electron chi connectivity index (χ3n) is 20.3. The summed E-state index contributed by atoms with van der Waals surface area (Å²) >= 11 is 0. The first-order valence-corrected chi connectivity index (χ1v) is 32.6. The fraction of sp³-hybridized carbons (Fsp3) is 0.133. The maximum Gasteiger partial charge on any atom is 0.252 e. The molecule has 0 N–H and O–H groups in total. The predicted octanol–water partition coefficient (Wildman–Crippen LogP) is 22.0. The Hall–Kier alpha value is -10.9. The summed E-state index contributed by atoms with van der Waals surface area (Å²) in [6.45, 7) is 19.4. The van der Waals surface area contributed by atoms with Gasteiger partial charge in [0.1, 0.15) is 0 Å². The summed E-state index contributed by atoms with van der Waals surface area (Å²) < 4.78 is 159. The smallest absolute Gasteiger partial charge is 0.252 e. The van der Waals surface area contributed by atoms with Crippen LogP contribution in [-0.4, -0.2) is 25.0 Å². The lowest BCUT2D eigenvalue weighted by Crippen LogP contribution is -2.59. The molecule has 0 spiro atoms. The molecule has 6 heterocycles. The van der Waals surface area contributed by atoms with Crippen LogP contribution < -0.4 is 16.4 Å². The first kappa shape index (κ1) is 41.7. The van der Waals surface area contributed by atoms with Gasteiger partial charge in [0.25, 0.3) is 6.71 Å². The van der Waals surface area contributed by atoms with Crippen LogP contribution in [0.15, 0.2) is 267 Å². The minimum absolute atomic E-state index is 0.0337. The average Bonchev–Trinajstić information content (AvgIpc) is 1.55. The van der Waals surface area contributed by atoms with E-state index in [2.05, 4.69) is 193 Å². The van der Waals surface area contributed by atoms with Crippen LogP contribution in [0.25, 0.3) is 153 Å². The number of para-hydroxylation sites is 6. The van der Waals surface area contributed by atoms with Crippen molar-refractivity contribution in [2.75, 3.05) is 0 Å². The molecule has 2 aliphatic rings. The van der Waals surface area contributed by atoms with Crippen molar-refractivity contribution in [3.05, 3.63) is 283 Å². The number of rotatable bonds is 2. The van der Waals surface area contributed by atoms with Gasteiger partial charge in [-0.15, -0.1) is 0 Å². The third-order valence-corrected chi connectivity index (χ3v) is 20.3. The molecular formula is C90H71BN4. The zero-order valence-corrected chi connectivity index (χ0v) is 54.0. The molecule has 0 radical (unpaired) electrons. The van der Waals surface area contributed by atoms with E-state index in [0.29, 0.717) is 22.7 Å². The Kier molecular flexibility index (Phi) is 8.70. The molecular weight excluding hydrogens is 1150 g/mol. The minimum Gasteiger partial charge on any atom is -0.310 e. The van der Waals surface area contributed by atoms with E-state index in [1.54, 1.807) is 9.13 Å². The van der Waals surface area contributed by atoms with Gasteiger partial charge in [0.15, 0.2) is 0 Å². The van der Waals surface area contributed by atoms with Gasteiger partial charge in [0, 0.05) is 65.8 Å². The second kappa shape index (κ2) is 19.8. The van der Waals surface area contributed by atoms with Gasteiger partial charge in [-0.05, 0) is 165 Å². The molecule has 95 heavy (non-hydrogen) atoms. The van der Waals surface area contributed by atoms with E-state index in [9.17, 15) is 16.4 Å². The molecule has 17 aromatic rings. The zero-order valence-electron chi connectivity index (χ0n) is 70.0. The van der Waals surface area contributed by atoms with Crippen molar-refractivity contribution >= 4 is 153 Å². The maximum atomic E-state index is 9.84. The Bertz CT molecular complexity index is 6840. The molecule has 0 aliphatic carbocycles. The van der Waals surface area contributed by atoms with Gasteiger partial charge >= 0.3 is 0 Å². The monoisotopic (exact) mass is 1230 g/mol. The summed E-state index contributed by atoms with van der Waals surface area (Å²) in [6.07, 6.45) is 0. The molecule has 4 nitrogen and oxygen atoms in total. The highest BCUT2D eigenvalue weighted by Gasteiger charge is 2.42. The second-order valence-electron chi connectivity index (χ2n) is 28.8. The van der Waals surface area contributed by atoms with Gasteiger partial charge in [-0.3, -0.25) is 0 Å². The Morgan fingerprint density at radius 1 is 0.284 bits per heavy atom. The number of fused-ring (bicyclic) bond motifs is 26. The highest BCUT2D eigenvalue weighted by atomic mass is 15.0. The predicted molar refractivity (Wildman–Crippen MR) is 410 cm³/mol. The number of hydrogen-bond donors (Lipinski definition) is 0. The highest BCUT2D eigenvalue weighted by Crippen LogP contribution is 2.49. The van der Waals surface area contributed by atoms with E-state index in [4.69, 9.17) is 5.48 Å². The fourth-order valence-electron chi connectivity index (χ4n) is 16.2. The van der Waals surface area contributed by atoms with E-state index in [1.165, 1.54) is 0 Å². The van der Waals surface area contributed by atoms with Crippen LogP contribution in [0.2, 0.25) is 0 Å². The van der Waals surface area contributed by atoms with Crippen molar-refractivity contribution in [3.8, 4) is 22.7 Å². The molecule has 0 saturated carbocycles. The number of hydrogen-bond acceptors (Lipinski definition) is 0. The Morgan fingerprint density at radius 2 is 0.621 bits per heavy atom. The van der Waals surface area contributed by atoms with Crippen molar-refractivity contribution in [3.63, 3.8) is 0 Å². The Balaban J connectivity index is 1.16. The molecule has 0 saturated heterocycles. The maximum absolute atomic E-state index is 9.84. The lowest BCUT2D eigenvalue weighted by molar-refractivity contribution is 0.591. The summed E-state index contributed by atoms with van der Waals surface area (Å²) in [6, 6.07) is 51.7. The van der Waals surface area contributed by atoms with Gasteiger partial charge in [0.05, 0.1) is 66.1 Å². The molecule has 0 unspecified atom stereocenters. The van der Waals surface area contributed by atoms with Crippen LogP contribution in [0.4, 0.5) is 0 Å². The van der Waals surface area contributed by atoms with Gasteiger partial charge in [0.2, 0.25) is 0 Å². The largest absolute Gasteiger partial charge is 0.310 e. The van der Waals surface area contributed by atoms with Gasteiger partial charge in [-0.2, -0.15) is 0 Å². The van der Waals surface area contributed by atoms with Crippen LogP contribution in [0, 0.1) is 0 Å². The van der Waals surface area contributed by atoms with E-state index in [0.717, 1.165) is 120 Å². The molecule has 19 rings (SSSR count). The van der Waals surface area contributed by atoms with Crippen molar-refractivity contribution in [2.45, 2.75) is 78.6 Å². The summed E-state index contributed by atoms with van der Waals surface area (Å²) in [5.74, 6) is 0. The quantitative estimate of drug-likeness (QED) is 0.154. The summed E-state index contributed by atoms with van der Waals surface area (Å²) in [5.41, 5.74) is 9.32. The molecule has 13 aromatic carbocycles. The van der Waals surface area contributed by atoms with Crippen molar-refractivity contribution in [1.29, 1.82) is 0 Å². The topological polar surface area (TPSA) is 19.7 Å². The second-order valence-corrected chi connectivity index (χ2v) is 28.8. The number of nitrogens with zero attached hydrogens (tertiary/aromatic N) is 4. The van der Waals surface area contributed by atoms with E-state index in [-0.39, 0.29) is 54.4 Å². The Labute approximate surface area is 575 Å². The molecule has 4 aromatic heterocycles. The Morgan fingerprint density at radius 3 is 0.989 bits per heavy atom. The van der Waals surface area contributed by atoms with E-state index in [1.807, 2.05) is 48.5 Å². The van der Waals surface area contributed by atoms with Crippen LogP contribution in [0.3, 0.4) is 0 Å². The van der Waals surface area contributed by atoms with Gasteiger partial charge < -0.3 is 18.3 Å². The number of benzene rings is 13. The fourth-order valence-corrected chi connectivity index (χ4v) is 16.2. The molecule has 0 atom stereocenters. The molecule has 5 heteroatoms. The SMILES string of the molecule is [2H]c1c([2H])c([2H])c2c(c1[2H])c1c([2H])c([2H])c([2H])c([2H])c1n2-c1ccc2c(c1)-n1c3ccccc3c3ccc(C(C)(C)C)cc3c3ccccc3c3c(C(C)(C)C)c4c5ccccc5c5cc(C(C)(C)C)ccc5c5ccccc5n5c4c(c31)B2c1ccc(-n2c3c([2H])c([2H])c([2H])c([2H])c3c3c([2H])c([2H])c([2H])c([2H])c32)cc1-5. The van der Waals surface area contributed by atoms with Crippen molar-refractivity contribution in [2.24, 2.45) is 0 Å². The summed E-state index contributed by atoms with van der Waals surface area (Å²) in [5, 5.41) is 11.2. The van der Waals surface area contributed by atoms with Crippen LogP contribution in [-0.2, 0) is 16.2 Å². The molecule has 454 valence electrons. The first-order chi connectivity index (χ1) is 52.7. The molecule has 0 bridgehead atoms. The van der Waals surface area contributed by atoms with Crippen LogP contribution >= 0.6 is 0 Å². The molecule has 0 fully saturated rings. The van der Waals surface area contributed by atoms with E-state index >= 15 is 0 Å². The van der Waals surface area contributed by atoms with Gasteiger partial charge in [-0.1, -0.05) is 256 Å². The summed E-state index contributed by atoms with van der Waals surface area (Å²) in [4.78, 5) is 0. The molecule has 0 amide bonds. The van der Waals surface area contributed by atoms with Crippen LogP contribution in [0.5, 0.6) is 0 Å². The van der Waals surface area contributed by atoms with Crippen LogP contribution in [0.1, 0.15) is 101 Å². The minimum atomic E-state index is -0.786. The lowest BCUT2D eigenvalue weighted by Gasteiger charge is -2.38. The third kappa shape index (κ3) is 7.90.